The molecule has 0 atom stereocenters. The van der Waals surface area contributed by atoms with Crippen LogP contribution in [0, 0.1) is 5.41 Å². The highest BCUT2D eigenvalue weighted by atomic mass is 35.5. The number of urea groups is 1. The van der Waals surface area contributed by atoms with Gasteiger partial charge in [-0.15, -0.1) is 11.6 Å². The first kappa shape index (κ1) is 13.3. The summed E-state index contributed by atoms with van der Waals surface area (Å²) in [6, 6.07) is -0.488. The van der Waals surface area contributed by atoms with E-state index in [1.807, 2.05) is 0 Å². The van der Waals surface area contributed by atoms with E-state index in [0.717, 1.165) is 26.1 Å². The highest BCUT2D eigenvalue weighted by molar-refractivity contribution is 6.28. The molecule has 0 bridgehead atoms. The maximum Gasteiger partial charge on any atom is 0.321 e. The second-order valence-corrected chi connectivity index (χ2v) is 4.55. The molecule has 16 heavy (non-hydrogen) atoms. The van der Waals surface area contributed by atoms with Crippen molar-refractivity contribution in [2.75, 3.05) is 25.6 Å². The van der Waals surface area contributed by atoms with Crippen LogP contribution in [0.3, 0.4) is 0 Å². The van der Waals surface area contributed by atoms with Crippen molar-refractivity contribution in [3.05, 3.63) is 0 Å². The number of ether oxygens (including phenoxy) is 1. The number of amides is 3. The SMILES string of the molecule is CC1(CNC(=O)NC(=O)CCl)CCOCC1. The lowest BCUT2D eigenvalue weighted by molar-refractivity contribution is -0.117. The van der Waals surface area contributed by atoms with Crippen molar-refractivity contribution in [3.63, 3.8) is 0 Å². The molecule has 92 valence electrons. The molecule has 0 aromatic carbocycles. The van der Waals surface area contributed by atoms with Crippen molar-refractivity contribution in [2.24, 2.45) is 5.41 Å². The Kier molecular flexibility index (Phi) is 5.02. The van der Waals surface area contributed by atoms with Crippen molar-refractivity contribution >= 4 is 23.5 Å². The zero-order valence-corrected chi connectivity index (χ0v) is 10.1. The molecule has 2 N–H and O–H groups in total. The normalized spacial score (nSPS) is 18.9. The molecule has 0 unspecified atom stereocenters. The van der Waals surface area contributed by atoms with Gasteiger partial charge in [-0.25, -0.2) is 4.79 Å². The van der Waals surface area contributed by atoms with Crippen molar-refractivity contribution < 1.29 is 14.3 Å². The number of carbonyl (C=O) groups is 2. The lowest BCUT2D eigenvalue weighted by atomic mass is 9.82. The number of carbonyl (C=O) groups excluding carboxylic acids is 2. The highest BCUT2D eigenvalue weighted by Gasteiger charge is 2.27. The molecule has 5 nitrogen and oxygen atoms in total. The van der Waals surface area contributed by atoms with Gasteiger partial charge < -0.3 is 10.1 Å². The van der Waals surface area contributed by atoms with Crippen LogP contribution < -0.4 is 10.6 Å². The van der Waals surface area contributed by atoms with Crippen LogP contribution in [0.1, 0.15) is 19.8 Å². The standard InChI is InChI=1S/C10H17ClN2O3/c1-10(2-4-16-5-3-10)7-12-9(15)13-8(14)6-11/h2-7H2,1H3,(H2,12,13,14,15). The topological polar surface area (TPSA) is 67.4 Å². The fourth-order valence-electron chi connectivity index (χ4n) is 1.54. The van der Waals surface area contributed by atoms with E-state index in [1.165, 1.54) is 0 Å². The number of hydrogen-bond acceptors (Lipinski definition) is 3. The zero-order valence-electron chi connectivity index (χ0n) is 9.35. The Morgan fingerprint density at radius 1 is 1.38 bits per heavy atom. The van der Waals surface area contributed by atoms with Crippen LogP contribution in [0.15, 0.2) is 0 Å². The summed E-state index contributed by atoms with van der Waals surface area (Å²) in [5.74, 6) is -0.699. The minimum absolute atomic E-state index is 0.0552. The lowest BCUT2D eigenvalue weighted by Crippen LogP contribution is -2.45. The summed E-state index contributed by atoms with van der Waals surface area (Å²) >= 11 is 5.26. The third kappa shape index (κ3) is 4.37. The maximum atomic E-state index is 11.3. The first-order valence-corrected chi connectivity index (χ1v) is 5.81. The van der Waals surface area contributed by atoms with Gasteiger partial charge >= 0.3 is 6.03 Å². The molecule has 0 aromatic rings. The van der Waals surface area contributed by atoms with Crippen LogP contribution in [0.4, 0.5) is 4.79 Å². The van der Waals surface area contributed by atoms with E-state index < -0.39 is 11.9 Å². The number of nitrogens with one attached hydrogen (secondary N) is 2. The van der Waals surface area contributed by atoms with Crippen LogP contribution in [-0.2, 0) is 9.53 Å². The summed E-state index contributed by atoms with van der Waals surface area (Å²) in [6.45, 7) is 4.08. The Morgan fingerprint density at radius 3 is 2.56 bits per heavy atom. The summed E-state index contributed by atoms with van der Waals surface area (Å²) in [5.41, 5.74) is 0.0552. The molecular weight excluding hydrogens is 232 g/mol. The largest absolute Gasteiger partial charge is 0.381 e. The van der Waals surface area contributed by atoms with Gasteiger partial charge in [-0.05, 0) is 18.3 Å². The molecule has 3 amide bonds. The third-order valence-corrected chi connectivity index (χ3v) is 2.99. The molecule has 1 fully saturated rings. The smallest absolute Gasteiger partial charge is 0.321 e. The maximum absolute atomic E-state index is 11.3. The van der Waals surface area contributed by atoms with Gasteiger partial charge in [-0.1, -0.05) is 6.92 Å². The van der Waals surface area contributed by atoms with Gasteiger partial charge in [-0.3, -0.25) is 10.1 Å². The van der Waals surface area contributed by atoms with Crippen molar-refractivity contribution in [2.45, 2.75) is 19.8 Å². The Labute approximate surface area is 99.9 Å². The molecule has 0 aromatic heterocycles. The Morgan fingerprint density at radius 2 is 2.00 bits per heavy atom. The lowest BCUT2D eigenvalue weighted by Gasteiger charge is -2.33. The van der Waals surface area contributed by atoms with Crippen molar-refractivity contribution in [3.8, 4) is 0 Å². The quantitative estimate of drug-likeness (QED) is 0.729. The van der Waals surface area contributed by atoms with Crippen LogP contribution >= 0.6 is 11.6 Å². The minimum Gasteiger partial charge on any atom is -0.381 e. The minimum atomic E-state index is -0.490. The second kappa shape index (κ2) is 6.06. The number of imide groups is 1. The van der Waals surface area contributed by atoms with Crippen LogP contribution in [-0.4, -0.2) is 37.6 Å². The molecular formula is C10H17ClN2O3. The molecule has 1 saturated heterocycles. The van der Waals surface area contributed by atoms with Gasteiger partial charge in [0.05, 0.1) is 0 Å². The van der Waals surface area contributed by atoms with Crippen molar-refractivity contribution in [1.29, 1.82) is 0 Å². The summed E-state index contributed by atoms with van der Waals surface area (Å²) < 4.78 is 5.25. The monoisotopic (exact) mass is 248 g/mol. The summed E-state index contributed by atoms with van der Waals surface area (Å²) in [6.07, 6.45) is 1.83. The van der Waals surface area contributed by atoms with Gasteiger partial charge in [0.2, 0.25) is 5.91 Å². The molecule has 0 aliphatic carbocycles. The number of hydrogen-bond donors (Lipinski definition) is 2. The Balaban J connectivity index is 2.27. The van der Waals surface area contributed by atoms with Crippen LogP contribution in [0.5, 0.6) is 0 Å². The Bertz CT molecular complexity index is 265. The van der Waals surface area contributed by atoms with Crippen molar-refractivity contribution in [1.82, 2.24) is 10.6 Å². The second-order valence-electron chi connectivity index (χ2n) is 4.29. The molecule has 0 spiro atoms. The predicted octanol–water partition coefficient (Wildman–Crippen LogP) is 0.868. The van der Waals surface area contributed by atoms with E-state index in [4.69, 9.17) is 16.3 Å². The average Bonchev–Trinajstić information content (AvgIpc) is 2.27. The molecule has 6 heteroatoms. The molecule has 1 rings (SSSR count). The molecule has 1 aliphatic heterocycles. The van der Waals surface area contributed by atoms with Gasteiger partial charge in [0.1, 0.15) is 5.88 Å². The average molecular weight is 249 g/mol. The highest BCUT2D eigenvalue weighted by Crippen LogP contribution is 2.28. The first-order valence-electron chi connectivity index (χ1n) is 5.27. The summed E-state index contributed by atoms with van der Waals surface area (Å²) in [4.78, 5) is 22.1. The summed E-state index contributed by atoms with van der Waals surface area (Å²) in [5, 5.41) is 4.81. The van der Waals surface area contributed by atoms with E-state index in [-0.39, 0.29) is 11.3 Å². The van der Waals surface area contributed by atoms with E-state index in [2.05, 4.69) is 17.6 Å². The van der Waals surface area contributed by atoms with E-state index in [1.54, 1.807) is 0 Å². The predicted molar refractivity (Wildman–Crippen MR) is 60.4 cm³/mol. The van der Waals surface area contributed by atoms with E-state index >= 15 is 0 Å². The van der Waals surface area contributed by atoms with Gasteiger partial charge in [0.15, 0.2) is 0 Å². The fourth-order valence-corrected chi connectivity index (χ4v) is 1.61. The summed E-state index contributed by atoms with van der Waals surface area (Å²) in [7, 11) is 0. The van der Waals surface area contributed by atoms with Gasteiger partial charge in [0.25, 0.3) is 0 Å². The molecule has 1 aliphatic rings. The van der Waals surface area contributed by atoms with Crippen LogP contribution in [0.25, 0.3) is 0 Å². The number of alkyl halides is 1. The van der Waals surface area contributed by atoms with Gasteiger partial charge in [-0.2, -0.15) is 0 Å². The van der Waals surface area contributed by atoms with Gasteiger partial charge in [0, 0.05) is 19.8 Å². The number of halogens is 1. The fraction of sp³-hybridized carbons (Fsp3) is 0.800. The van der Waals surface area contributed by atoms with E-state index in [9.17, 15) is 9.59 Å². The first-order chi connectivity index (χ1) is 7.56. The third-order valence-electron chi connectivity index (χ3n) is 2.75. The molecule has 0 radical (unpaired) electrons. The molecule has 1 heterocycles. The zero-order chi connectivity index (χ0) is 12.0. The van der Waals surface area contributed by atoms with Crippen LogP contribution in [0.2, 0.25) is 0 Å². The molecule has 0 saturated carbocycles. The number of rotatable bonds is 3. The Hall–Kier alpha value is -0.810. The van der Waals surface area contributed by atoms with E-state index in [0.29, 0.717) is 6.54 Å².